The molecular formula is C20H30Fe. The molecule has 0 bridgehead atoms. The van der Waals surface area contributed by atoms with E-state index in [2.05, 4.69) is 90.1 Å². The first-order chi connectivity index (χ1) is 9.16. The summed E-state index contributed by atoms with van der Waals surface area (Å²) in [5.74, 6) is 0. The Morgan fingerprint density at radius 2 is 1.05 bits per heavy atom. The van der Waals surface area contributed by atoms with Crippen molar-refractivity contribution in [1.29, 1.82) is 0 Å². The molecule has 0 saturated heterocycles. The third kappa shape index (κ3) is 10.6. The van der Waals surface area contributed by atoms with E-state index in [0.717, 1.165) is 0 Å². The van der Waals surface area contributed by atoms with E-state index in [0.29, 0.717) is 10.8 Å². The molecule has 0 fully saturated rings. The first kappa shape index (κ1) is 20.2. The van der Waals surface area contributed by atoms with Crippen LogP contribution in [0.15, 0.2) is 48.5 Å². The van der Waals surface area contributed by atoms with Crippen molar-refractivity contribution in [2.24, 2.45) is 10.8 Å². The quantitative estimate of drug-likeness (QED) is 0.470. The molecule has 118 valence electrons. The van der Waals surface area contributed by atoms with Crippen LogP contribution in [0, 0.1) is 10.8 Å². The van der Waals surface area contributed by atoms with Crippen molar-refractivity contribution in [2.75, 3.05) is 0 Å². The van der Waals surface area contributed by atoms with E-state index in [1.54, 1.807) is 0 Å². The molecule has 2 rings (SSSR count). The minimum absolute atomic E-state index is 0. The van der Waals surface area contributed by atoms with Crippen LogP contribution in [0.3, 0.4) is 0 Å². The Kier molecular flexibility index (Phi) is 8.29. The maximum atomic E-state index is 2.26. The van der Waals surface area contributed by atoms with E-state index in [9.17, 15) is 0 Å². The molecule has 2 aromatic carbocycles. The van der Waals surface area contributed by atoms with Gasteiger partial charge in [0.15, 0.2) is 0 Å². The Balaban J connectivity index is 0.000000364. The summed E-state index contributed by atoms with van der Waals surface area (Å²) in [6, 6.07) is 17.1. The van der Waals surface area contributed by atoms with Crippen molar-refractivity contribution in [1.82, 2.24) is 0 Å². The number of hydrogen-bond donors (Lipinski definition) is 0. The van der Waals surface area contributed by atoms with E-state index in [1.165, 1.54) is 24.0 Å². The molecule has 0 radical (unpaired) electrons. The summed E-state index contributed by atoms with van der Waals surface area (Å²) in [5, 5.41) is 0. The van der Waals surface area contributed by atoms with Crippen LogP contribution in [0.4, 0.5) is 0 Å². The number of rotatable bonds is 2. The molecule has 0 nitrogen and oxygen atoms in total. The van der Waals surface area contributed by atoms with Crippen LogP contribution >= 0.6 is 0 Å². The first-order valence-electron chi connectivity index (χ1n) is 7.57. The van der Waals surface area contributed by atoms with Gasteiger partial charge < -0.3 is 0 Å². The molecule has 0 N–H and O–H groups in total. The standard InChI is InChI=1S/2C10H15.Fe/c2*1-10(2,3)8-9-6-4-5-7-9;/h2*4-7H,8H2,1-3H3;/q2*-1;+2. The normalized spacial score (nSPS) is 11.3. The fraction of sp³-hybridized carbons (Fsp3) is 0.500. The first-order valence-corrected chi connectivity index (χ1v) is 7.57. The Bertz CT molecular complexity index is 401. The van der Waals surface area contributed by atoms with Gasteiger partial charge in [-0.15, -0.1) is 0 Å². The van der Waals surface area contributed by atoms with Gasteiger partial charge in [0.1, 0.15) is 0 Å². The molecule has 0 aliphatic heterocycles. The minimum Gasteiger partial charge on any atom is -0.213 e. The van der Waals surface area contributed by atoms with Crippen LogP contribution in [-0.4, -0.2) is 0 Å². The van der Waals surface area contributed by atoms with Gasteiger partial charge >= 0.3 is 17.1 Å². The Morgan fingerprint density at radius 1 is 0.714 bits per heavy atom. The molecule has 0 aromatic heterocycles. The Morgan fingerprint density at radius 3 is 1.24 bits per heavy atom. The van der Waals surface area contributed by atoms with Gasteiger partial charge in [-0.1, -0.05) is 41.5 Å². The summed E-state index contributed by atoms with van der Waals surface area (Å²) in [5.41, 5.74) is 3.75. The number of hydrogen-bond acceptors (Lipinski definition) is 0. The van der Waals surface area contributed by atoms with E-state index in [4.69, 9.17) is 0 Å². The average molecular weight is 326 g/mol. The van der Waals surface area contributed by atoms with E-state index in [1.807, 2.05) is 0 Å². The minimum atomic E-state index is 0. The van der Waals surface area contributed by atoms with Gasteiger partial charge in [-0.2, -0.15) is 35.4 Å². The molecule has 0 spiro atoms. The van der Waals surface area contributed by atoms with E-state index < -0.39 is 0 Å². The van der Waals surface area contributed by atoms with Gasteiger partial charge in [0, 0.05) is 0 Å². The van der Waals surface area contributed by atoms with Crippen LogP contribution in [0.1, 0.15) is 52.7 Å². The second-order valence-electron chi connectivity index (χ2n) is 8.06. The van der Waals surface area contributed by atoms with Crippen LogP contribution in [-0.2, 0) is 29.9 Å². The zero-order valence-corrected chi connectivity index (χ0v) is 15.5. The smallest absolute Gasteiger partial charge is 0.213 e. The summed E-state index contributed by atoms with van der Waals surface area (Å²) >= 11 is 0. The summed E-state index contributed by atoms with van der Waals surface area (Å²) in [4.78, 5) is 0. The van der Waals surface area contributed by atoms with Crippen LogP contribution in [0.5, 0.6) is 0 Å². The average Bonchev–Trinajstić information content (AvgIpc) is 2.87. The van der Waals surface area contributed by atoms with Crippen LogP contribution in [0.2, 0.25) is 0 Å². The van der Waals surface area contributed by atoms with Gasteiger partial charge in [-0.3, -0.25) is 0 Å². The van der Waals surface area contributed by atoms with Crippen molar-refractivity contribution in [3.05, 3.63) is 59.7 Å². The zero-order valence-electron chi connectivity index (χ0n) is 14.4. The van der Waals surface area contributed by atoms with E-state index in [-0.39, 0.29) is 17.1 Å². The molecule has 0 atom stereocenters. The summed E-state index contributed by atoms with van der Waals surface area (Å²) in [6.45, 7) is 13.6. The fourth-order valence-corrected chi connectivity index (χ4v) is 2.29. The SMILES string of the molecule is CC(C)(C)Cc1ccc[cH-]1.CC(C)(C)Cc1ccc[cH-]1.[Fe+2]. The molecule has 0 amide bonds. The second-order valence-corrected chi connectivity index (χ2v) is 8.06. The third-order valence-electron chi connectivity index (χ3n) is 2.93. The van der Waals surface area contributed by atoms with Crippen molar-refractivity contribution in [3.8, 4) is 0 Å². The van der Waals surface area contributed by atoms with Crippen molar-refractivity contribution in [3.63, 3.8) is 0 Å². The van der Waals surface area contributed by atoms with Crippen molar-refractivity contribution < 1.29 is 17.1 Å². The van der Waals surface area contributed by atoms with Crippen LogP contribution < -0.4 is 0 Å². The summed E-state index contributed by atoms with van der Waals surface area (Å²) in [7, 11) is 0. The monoisotopic (exact) mass is 326 g/mol. The molecule has 0 unspecified atom stereocenters. The van der Waals surface area contributed by atoms with Gasteiger partial charge in [0.25, 0.3) is 0 Å². The molecule has 21 heavy (non-hydrogen) atoms. The zero-order chi connectivity index (χ0) is 15.2. The maximum absolute atomic E-state index is 2.26. The van der Waals surface area contributed by atoms with E-state index >= 15 is 0 Å². The Labute approximate surface area is 142 Å². The van der Waals surface area contributed by atoms with Crippen molar-refractivity contribution in [2.45, 2.75) is 54.4 Å². The maximum Gasteiger partial charge on any atom is 2.00 e. The third-order valence-corrected chi connectivity index (χ3v) is 2.93. The molecule has 0 heterocycles. The van der Waals surface area contributed by atoms with Gasteiger partial charge in [0.2, 0.25) is 0 Å². The van der Waals surface area contributed by atoms with Crippen LogP contribution in [0.25, 0.3) is 0 Å². The second kappa shape index (κ2) is 8.61. The van der Waals surface area contributed by atoms with Crippen molar-refractivity contribution >= 4 is 0 Å². The predicted molar refractivity (Wildman–Crippen MR) is 90.4 cm³/mol. The van der Waals surface area contributed by atoms with Gasteiger partial charge in [-0.25, -0.2) is 24.3 Å². The molecular weight excluding hydrogens is 296 g/mol. The fourth-order valence-electron chi connectivity index (χ4n) is 2.29. The molecule has 0 aliphatic rings. The Hall–Kier alpha value is -0.781. The van der Waals surface area contributed by atoms with Gasteiger partial charge in [0.05, 0.1) is 0 Å². The summed E-state index contributed by atoms with van der Waals surface area (Å²) in [6.07, 6.45) is 2.36. The molecule has 1 heteroatoms. The summed E-state index contributed by atoms with van der Waals surface area (Å²) < 4.78 is 0. The topological polar surface area (TPSA) is 0 Å². The predicted octanol–water partition coefficient (Wildman–Crippen LogP) is 5.99. The van der Waals surface area contributed by atoms with Gasteiger partial charge in [-0.05, 0) is 23.7 Å². The largest absolute Gasteiger partial charge is 2.00 e. The molecule has 0 aliphatic carbocycles. The molecule has 2 aromatic rings. The molecule has 0 saturated carbocycles.